The molecule has 4 rings (SSSR count). The summed E-state index contributed by atoms with van der Waals surface area (Å²) in [4.78, 5) is 36.4. The second-order valence-corrected chi connectivity index (χ2v) is 8.54. The van der Waals surface area contributed by atoms with Crippen LogP contribution >= 0.6 is 0 Å². The fourth-order valence-corrected chi connectivity index (χ4v) is 4.04. The molecule has 4 amide bonds. The number of benzene rings is 2. The summed E-state index contributed by atoms with van der Waals surface area (Å²) in [5.41, 5.74) is 2.80. The fraction of sp³-hybridized carbons (Fsp3) is 0.308. The molecule has 3 N–H and O–H groups in total. The van der Waals surface area contributed by atoms with Gasteiger partial charge in [-0.25, -0.2) is 13.9 Å². The van der Waals surface area contributed by atoms with Crippen LogP contribution in [-0.2, 0) is 9.59 Å². The molecule has 2 heterocycles. The molecule has 9 heteroatoms. The van der Waals surface area contributed by atoms with Crippen LogP contribution in [0.15, 0.2) is 54.7 Å². The molecular weight excluding hydrogens is 449 g/mol. The third-order valence-electron chi connectivity index (χ3n) is 5.85. The van der Waals surface area contributed by atoms with Crippen LogP contribution in [0.2, 0.25) is 0 Å². The Bertz CT molecular complexity index is 1220. The van der Waals surface area contributed by atoms with Gasteiger partial charge in [0.1, 0.15) is 11.9 Å². The van der Waals surface area contributed by atoms with Crippen molar-refractivity contribution in [3.8, 4) is 16.9 Å². The van der Waals surface area contributed by atoms with Gasteiger partial charge in [-0.05, 0) is 48.9 Å². The third-order valence-corrected chi connectivity index (χ3v) is 5.85. The van der Waals surface area contributed by atoms with E-state index >= 15 is 0 Å². The number of carbonyl (C=O) groups excluding carboxylic acids is 3. The summed E-state index contributed by atoms with van der Waals surface area (Å²) in [6, 6.07) is 11.4. The number of urea groups is 1. The predicted octanol–water partition coefficient (Wildman–Crippen LogP) is 4.86. The zero-order valence-electron chi connectivity index (χ0n) is 19.5. The van der Waals surface area contributed by atoms with Gasteiger partial charge in [0.15, 0.2) is 0 Å². The molecule has 8 nitrogen and oxygen atoms in total. The maximum absolute atomic E-state index is 13.5. The maximum atomic E-state index is 13.5. The van der Waals surface area contributed by atoms with Crippen LogP contribution in [0.25, 0.3) is 16.9 Å². The Morgan fingerprint density at radius 2 is 1.86 bits per heavy atom. The van der Waals surface area contributed by atoms with E-state index in [1.807, 2.05) is 6.07 Å². The van der Waals surface area contributed by atoms with Gasteiger partial charge in [0.05, 0.1) is 11.4 Å². The Morgan fingerprint density at radius 1 is 1.09 bits per heavy atom. The van der Waals surface area contributed by atoms with Crippen molar-refractivity contribution in [2.75, 3.05) is 5.32 Å². The molecule has 3 aromatic rings. The van der Waals surface area contributed by atoms with Gasteiger partial charge in [0.2, 0.25) is 5.91 Å². The van der Waals surface area contributed by atoms with E-state index in [4.69, 9.17) is 0 Å². The standard InChI is InChI=1S/C26H28FN5O3/c1-2-3-4-5-6-10-22(33)28-19-8-7-9-20(15-19)32-16-21(24-25(34)30-26(35)29-24)23(31-32)17-11-13-18(27)14-12-17/h7-9,11-16,24H,2-6,10H2,1H3,(H,28,33)(H2,29,30,34,35). The average Bonchev–Trinajstić information content (AvgIpc) is 3.42. The van der Waals surface area contributed by atoms with Crippen molar-refractivity contribution < 1.29 is 18.8 Å². The average molecular weight is 478 g/mol. The van der Waals surface area contributed by atoms with Crippen molar-refractivity contribution in [3.63, 3.8) is 0 Å². The molecule has 35 heavy (non-hydrogen) atoms. The van der Waals surface area contributed by atoms with Crippen LogP contribution in [0.4, 0.5) is 14.9 Å². The highest BCUT2D eigenvalue weighted by Crippen LogP contribution is 2.30. The number of amides is 4. The second kappa shape index (κ2) is 10.9. The number of unbranched alkanes of at least 4 members (excludes halogenated alkanes) is 4. The van der Waals surface area contributed by atoms with Gasteiger partial charge in [0, 0.05) is 29.4 Å². The van der Waals surface area contributed by atoms with E-state index in [1.54, 1.807) is 41.2 Å². The number of rotatable bonds is 10. The van der Waals surface area contributed by atoms with Crippen molar-refractivity contribution >= 4 is 23.5 Å². The van der Waals surface area contributed by atoms with Gasteiger partial charge in [-0.15, -0.1) is 0 Å². The van der Waals surface area contributed by atoms with Crippen molar-refractivity contribution in [1.29, 1.82) is 0 Å². The van der Waals surface area contributed by atoms with Crippen molar-refractivity contribution in [3.05, 3.63) is 66.1 Å². The molecule has 1 saturated heterocycles. The quantitative estimate of drug-likeness (QED) is 0.287. The molecule has 1 atom stereocenters. The van der Waals surface area contributed by atoms with Crippen LogP contribution in [0, 0.1) is 5.82 Å². The molecule has 1 unspecified atom stereocenters. The SMILES string of the molecule is CCCCCCCC(=O)Nc1cccc(-n2cc(C3NC(=O)NC3=O)c(-c3ccc(F)cc3)n2)c1. The third kappa shape index (κ3) is 5.92. The number of aromatic nitrogens is 2. The van der Waals surface area contributed by atoms with E-state index in [1.165, 1.54) is 18.6 Å². The monoisotopic (exact) mass is 477 g/mol. The first kappa shape index (κ1) is 24.1. The molecule has 1 aromatic heterocycles. The molecule has 0 bridgehead atoms. The normalized spacial score (nSPS) is 15.1. The lowest BCUT2D eigenvalue weighted by atomic mass is 10.0. The highest BCUT2D eigenvalue weighted by Gasteiger charge is 2.34. The van der Waals surface area contributed by atoms with Crippen molar-refractivity contribution in [2.24, 2.45) is 0 Å². The molecular formula is C26H28FN5O3. The Hall–Kier alpha value is -4.01. The van der Waals surface area contributed by atoms with Gasteiger partial charge in [-0.1, -0.05) is 38.7 Å². The van der Waals surface area contributed by atoms with E-state index in [0.717, 1.165) is 25.7 Å². The number of hydrogen-bond donors (Lipinski definition) is 3. The Kier molecular flexibility index (Phi) is 7.54. The molecule has 1 aliphatic rings. The van der Waals surface area contributed by atoms with E-state index in [-0.39, 0.29) is 5.91 Å². The second-order valence-electron chi connectivity index (χ2n) is 8.54. The summed E-state index contributed by atoms with van der Waals surface area (Å²) in [7, 11) is 0. The summed E-state index contributed by atoms with van der Waals surface area (Å²) in [6.45, 7) is 2.16. The van der Waals surface area contributed by atoms with Crippen LogP contribution < -0.4 is 16.0 Å². The van der Waals surface area contributed by atoms with E-state index < -0.39 is 23.8 Å². The molecule has 0 radical (unpaired) electrons. The topological polar surface area (TPSA) is 105 Å². The van der Waals surface area contributed by atoms with Gasteiger partial charge in [-0.3, -0.25) is 14.9 Å². The molecule has 0 saturated carbocycles. The number of carbonyl (C=O) groups is 3. The van der Waals surface area contributed by atoms with Crippen LogP contribution in [0.3, 0.4) is 0 Å². The molecule has 0 aliphatic carbocycles. The summed E-state index contributed by atoms with van der Waals surface area (Å²) in [5, 5.41) is 12.4. The predicted molar refractivity (Wildman–Crippen MR) is 130 cm³/mol. The lowest BCUT2D eigenvalue weighted by Crippen LogP contribution is -2.22. The number of nitrogens with zero attached hydrogens (tertiary/aromatic N) is 2. The van der Waals surface area contributed by atoms with E-state index in [2.05, 4.69) is 28.0 Å². The van der Waals surface area contributed by atoms with Crippen LogP contribution in [0.1, 0.15) is 57.1 Å². The number of imide groups is 1. The first-order valence-corrected chi connectivity index (χ1v) is 11.8. The van der Waals surface area contributed by atoms with Gasteiger partial charge in [0.25, 0.3) is 5.91 Å². The van der Waals surface area contributed by atoms with Crippen molar-refractivity contribution in [2.45, 2.75) is 51.5 Å². The van der Waals surface area contributed by atoms with Crippen LogP contribution in [-0.4, -0.2) is 27.6 Å². The highest BCUT2D eigenvalue weighted by molar-refractivity contribution is 6.05. The fourth-order valence-electron chi connectivity index (χ4n) is 4.04. The minimum atomic E-state index is -0.924. The Morgan fingerprint density at radius 3 is 2.57 bits per heavy atom. The summed E-state index contributed by atoms with van der Waals surface area (Å²) in [6.07, 6.45) is 7.49. The van der Waals surface area contributed by atoms with Crippen molar-refractivity contribution in [1.82, 2.24) is 20.4 Å². The molecule has 2 aromatic carbocycles. The Labute approximate surface area is 202 Å². The van der Waals surface area contributed by atoms with Gasteiger partial charge < -0.3 is 10.6 Å². The molecule has 1 aliphatic heterocycles. The Balaban J connectivity index is 1.57. The summed E-state index contributed by atoms with van der Waals surface area (Å²) < 4.78 is 15.1. The number of hydrogen-bond acceptors (Lipinski definition) is 4. The van der Waals surface area contributed by atoms with Crippen LogP contribution in [0.5, 0.6) is 0 Å². The number of halogens is 1. The number of nitrogens with one attached hydrogen (secondary N) is 3. The molecule has 182 valence electrons. The van der Waals surface area contributed by atoms with Gasteiger partial charge >= 0.3 is 6.03 Å². The molecule has 1 fully saturated rings. The van der Waals surface area contributed by atoms with E-state index in [0.29, 0.717) is 34.6 Å². The lowest BCUT2D eigenvalue weighted by molar-refractivity contribution is -0.120. The minimum absolute atomic E-state index is 0.0443. The summed E-state index contributed by atoms with van der Waals surface area (Å²) >= 11 is 0. The van der Waals surface area contributed by atoms with Gasteiger partial charge in [-0.2, -0.15) is 5.10 Å². The van der Waals surface area contributed by atoms with E-state index in [9.17, 15) is 18.8 Å². The minimum Gasteiger partial charge on any atom is -0.326 e. The zero-order valence-corrected chi connectivity index (χ0v) is 19.5. The first-order chi connectivity index (χ1) is 16.9. The summed E-state index contributed by atoms with van der Waals surface area (Å²) in [5.74, 6) is -0.926. The highest BCUT2D eigenvalue weighted by atomic mass is 19.1. The first-order valence-electron chi connectivity index (χ1n) is 11.8. The zero-order chi connectivity index (χ0) is 24.8. The smallest absolute Gasteiger partial charge is 0.322 e. The largest absolute Gasteiger partial charge is 0.326 e. The maximum Gasteiger partial charge on any atom is 0.322 e. The number of anilines is 1. The lowest BCUT2D eigenvalue weighted by Gasteiger charge is -2.08. The molecule has 0 spiro atoms.